The SMILES string of the molecule is O=C1c2ccccc2C(=O)c2c(SC(=S)N3CCOCC3)cccc21. The molecule has 4 rings (SSSR count). The van der Waals surface area contributed by atoms with E-state index < -0.39 is 0 Å². The molecule has 6 heteroatoms. The van der Waals surface area contributed by atoms with E-state index in [1.165, 1.54) is 11.8 Å². The van der Waals surface area contributed by atoms with Crippen LogP contribution in [-0.2, 0) is 4.74 Å². The second-order valence-corrected chi connectivity index (χ2v) is 7.53. The average Bonchev–Trinajstić information content (AvgIpc) is 2.66. The van der Waals surface area contributed by atoms with Gasteiger partial charge in [-0.15, -0.1) is 0 Å². The number of benzene rings is 2. The van der Waals surface area contributed by atoms with Gasteiger partial charge in [0.15, 0.2) is 11.6 Å². The number of carbonyl (C=O) groups is 2. The van der Waals surface area contributed by atoms with Crippen molar-refractivity contribution in [2.45, 2.75) is 4.90 Å². The predicted octanol–water partition coefficient (Wildman–Crippen LogP) is 3.17. The van der Waals surface area contributed by atoms with Crippen LogP contribution in [-0.4, -0.2) is 47.1 Å². The van der Waals surface area contributed by atoms with E-state index >= 15 is 0 Å². The molecule has 0 bridgehead atoms. The molecule has 0 N–H and O–H groups in total. The highest BCUT2D eigenvalue weighted by Gasteiger charge is 2.32. The number of ether oxygens (including phenoxy) is 1. The summed E-state index contributed by atoms with van der Waals surface area (Å²) < 4.78 is 6.06. The largest absolute Gasteiger partial charge is 0.378 e. The van der Waals surface area contributed by atoms with Gasteiger partial charge in [-0.3, -0.25) is 9.59 Å². The molecule has 1 aliphatic carbocycles. The quantitative estimate of drug-likeness (QED) is 0.485. The van der Waals surface area contributed by atoms with Gasteiger partial charge in [0.2, 0.25) is 0 Å². The van der Waals surface area contributed by atoms with Gasteiger partial charge in [-0.2, -0.15) is 0 Å². The van der Waals surface area contributed by atoms with Gasteiger partial charge < -0.3 is 9.64 Å². The van der Waals surface area contributed by atoms with Crippen LogP contribution in [0.2, 0.25) is 0 Å². The molecule has 1 aliphatic heterocycles. The minimum atomic E-state index is -0.113. The molecule has 0 atom stereocenters. The van der Waals surface area contributed by atoms with Crippen LogP contribution in [0.25, 0.3) is 0 Å². The molecule has 126 valence electrons. The molecule has 0 saturated carbocycles. The molecule has 2 aromatic rings. The zero-order valence-electron chi connectivity index (χ0n) is 13.4. The predicted molar refractivity (Wildman–Crippen MR) is 101 cm³/mol. The van der Waals surface area contributed by atoms with Crippen LogP contribution >= 0.6 is 24.0 Å². The van der Waals surface area contributed by atoms with Gasteiger partial charge in [0.25, 0.3) is 0 Å². The molecule has 0 unspecified atom stereocenters. The molecule has 2 aliphatic rings. The number of thiocarbonyl (C=S) groups is 1. The van der Waals surface area contributed by atoms with Crippen molar-refractivity contribution in [3.05, 3.63) is 64.7 Å². The van der Waals surface area contributed by atoms with E-state index in [-0.39, 0.29) is 11.6 Å². The fourth-order valence-corrected chi connectivity index (χ4v) is 4.51. The fourth-order valence-electron chi connectivity index (χ4n) is 3.10. The Balaban J connectivity index is 1.71. The Kier molecular flexibility index (Phi) is 4.41. The zero-order valence-corrected chi connectivity index (χ0v) is 15.0. The first-order valence-corrected chi connectivity index (χ1v) is 9.25. The summed E-state index contributed by atoms with van der Waals surface area (Å²) in [6.45, 7) is 2.80. The van der Waals surface area contributed by atoms with Crippen LogP contribution in [0.5, 0.6) is 0 Å². The molecule has 25 heavy (non-hydrogen) atoms. The van der Waals surface area contributed by atoms with E-state index in [9.17, 15) is 9.59 Å². The Labute approximate surface area is 155 Å². The van der Waals surface area contributed by atoms with Crippen LogP contribution in [0.1, 0.15) is 31.8 Å². The maximum absolute atomic E-state index is 13.0. The van der Waals surface area contributed by atoms with Gasteiger partial charge in [0.05, 0.1) is 13.2 Å². The summed E-state index contributed by atoms with van der Waals surface area (Å²) in [4.78, 5) is 28.6. The number of fused-ring (bicyclic) bond motifs is 2. The lowest BCUT2D eigenvalue weighted by atomic mass is 9.84. The summed E-state index contributed by atoms with van der Waals surface area (Å²) in [7, 11) is 0. The third-order valence-electron chi connectivity index (χ3n) is 4.38. The van der Waals surface area contributed by atoms with Crippen molar-refractivity contribution in [2.75, 3.05) is 26.3 Å². The molecule has 0 aromatic heterocycles. The smallest absolute Gasteiger partial charge is 0.195 e. The molecule has 2 aromatic carbocycles. The summed E-state index contributed by atoms with van der Waals surface area (Å²) in [5, 5.41) is 0. The van der Waals surface area contributed by atoms with Crippen LogP contribution in [0.15, 0.2) is 47.4 Å². The van der Waals surface area contributed by atoms with Gasteiger partial charge in [-0.05, 0) is 6.07 Å². The Morgan fingerprint density at radius 3 is 2.28 bits per heavy atom. The summed E-state index contributed by atoms with van der Waals surface area (Å²) in [5.41, 5.74) is 1.86. The second kappa shape index (κ2) is 6.71. The summed E-state index contributed by atoms with van der Waals surface area (Å²) in [6, 6.07) is 12.4. The van der Waals surface area contributed by atoms with Crippen LogP contribution in [0, 0.1) is 0 Å². The number of carbonyl (C=O) groups excluding carboxylic acids is 2. The summed E-state index contributed by atoms with van der Waals surface area (Å²) >= 11 is 6.92. The first-order valence-electron chi connectivity index (χ1n) is 8.03. The van der Waals surface area contributed by atoms with Crippen molar-refractivity contribution in [2.24, 2.45) is 0 Å². The van der Waals surface area contributed by atoms with Gasteiger partial charge in [0.1, 0.15) is 4.32 Å². The van der Waals surface area contributed by atoms with Crippen molar-refractivity contribution in [3.8, 4) is 0 Å². The maximum Gasteiger partial charge on any atom is 0.195 e. The lowest BCUT2D eigenvalue weighted by Crippen LogP contribution is -2.38. The molecular formula is C19H15NO3S2. The van der Waals surface area contributed by atoms with Crippen LogP contribution in [0.3, 0.4) is 0 Å². The van der Waals surface area contributed by atoms with Crippen molar-refractivity contribution in [1.29, 1.82) is 0 Å². The number of rotatable bonds is 1. The van der Waals surface area contributed by atoms with E-state index in [1.54, 1.807) is 30.3 Å². The third-order valence-corrected chi connectivity index (χ3v) is 5.88. The Morgan fingerprint density at radius 2 is 1.56 bits per heavy atom. The number of nitrogens with zero attached hydrogens (tertiary/aromatic N) is 1. The number of morpholine rings is 1. The molecule has 0 spiro atoms. The number of thioether (sulfide) groups is 1. The normalized spacial score (nSPS) is 16.4. The lowest BCUT2D eigenvalue weighted by molar-refractivity contribution is 0.0702. The van der Waals surface area contributed by atoms with Crippen molar-refractivity contribution < 1.29 is 14.3 Å². The van der Waals surface area contributed by atoms with E-state index in [1.807, 2.05) is 12.1 Å². The van der Waals surface area contributed by atoms with E-state index in [0.717, 1.165) is 18.0 Å². The van der Waals surface area contributed by atoms with Crippen LogP contribution < -0.4 is 0 Å². The Hall–Kier alpha value is -2.02. The zero-order chi connectivity index (χ0) is 17.4. The number of hydrogen-bond acceptors (Lipinski definition) is 5. The van der Waals surface area contributed by atoms with Gasteiger partial charge in [-0.25, -0.2) is 0 Å². The standard InChI is InChI=1S/C19H15NO3S2/c21-17-12-4-1-2-5-13(12)18(22)16-14(17)6-3-7-15(16)25-19(24)20-8-10-23-11-9-20/h1-7H,8-11H2. The van der Waals surface area contributed by atoms with Gasteiger partial charge in [0, 0.05) is 40.2 Å². The highest BCUT2D eigenvalue weighted by molar-refractivity contribution is 8.23. The molecule has 0 radical (unpaired) electrons. The van der Waals surface area contributed by atoms with Gasteiger partial charge >= 0.3 is 0 Å². The second-order valence-electron chi connectivity index (χ2n) is 5.85. The summed E-state index contributed by atoms with van der Waals surface area (Å²) in [6.07, 6.45) is 0. The van der Waals surface area contributed by atoms with E-state index in [4.69, 9.17) is 17.0 Å². The molecule has 1 saturated heterocycles. The molecule has 4 nitrogen and oxygen atoms in total. The highest BCUT2D eigenvalue weighted by Crippen LogP contribution is 2.35. The maximum atomic E-state index is 13.0. The number of ketones is 2. The van der Waals surface area contributed by atoms with Crippen molar-refractivity contribution in [3.63, 3.8) is 0 Å². The lowest BCUT2D eigenvalue weighted by Gasteiger charge is -2.29. The minimum Gasteiger partial charge on any atom is -0.378 e. The Morgan fingerprint density at radius 1 is 0.920 bits per heavy atom. The molecule has 0 amide bonds. The molecule has 1 heterocycles. The highest BCUT2D eigenvalue weighted by atomic mass is 32.2. The van der Waals surface area contributed by atoms with E-state index in [0.29, 0.717) is 39.8 Å². The first-order chi connectivity index (χ1) is 12.2. The Bertz CT molecular complexity index is 888. The van der Waals surface area contributed by atoms with E-state index in [2.05, 4.69) is 4.90 Å². The number of hydrogen-bond donors (Lipinski definition) is 0. The monoisotopic (exact) mass is 369 g/mol. The molecular weight excluding hydrogens is 354 g/mol. The topological polar surface area (TPSA) is 46.6 Å². The summed E-state index contributed by atoms with van der Waals surface area (Å²) in [5.74, 6) is -0.219. The fraction of sp³-hybridized carbons (Fsp3) is 0.211. The average molecular weight is 369 g/mol. The third kappa shape index (κ3) is 2.90. The van der Waals surface area contributed by atoms with Crippen LogP contribution in [0.4, 0.5) is 0 Å². The minimum absolute atomic E-state index is 0.107. The molecule has 1 fully saturated rings. The van der Waals surface area contributed by atoms with Gasteiger partial charge in [-0.1, -0.05) is 60.4 Å². The first kappa shape index (κ1) is 16.4. The van der Waals surface area contributed by atoms with Crippen molar-refractivity contribution >= 4 is 39.9 Å². The van der Waals surface area contributed by atoms with Crippen molar-refractivity contribution in [1.82, 2.24) is 4.90 Å².